The van der Waals surface area contributed by atoms with Crippen LogP contribution in [0.2, 0.25) is 0 Å². The number of hydrogen-bond acceptors (Lipinski definition) is 5. The topological polar surface area (TPSA) is 96.2 Å². The van der Waals surface area contributed by atoms with E-state index in [1.54, 1.807) is 18.2 Å². The standard InChI is InChI=1S/C15H14N4O2/c1-18(10-12-4-2-3-11(7-12)9-16)15-6-5-13(19(20)21)8-14(15)17/h2-8H,10,17H2,1H3. The Morgan fingerprint density at radius 2 is 2.10 bits per heavy atom. The Kier molecular flexibility index (Phi) is 4.05. The number of hydrogen-bond donors (Lipinski definition) is 1. The Morgan fingerprint density at radius 3 is 2.71 bits per heavy atom. The second kappa shape index (κ2) is 5.92. The predicted octanol–water partition coefficient (Wildman–Crippen LogP) is 2.69. The summed E-state index contributed by atoms with van der Waals surface area (Å²) >= 11 is 0. The molecule has 0 saturated heterocycles. The molecule has 0 spiro atoms. The summed E-state index contributed by atoms with van der Waals surface area (Å²) in [4.78, 5) is 12.1. The van der Waals surface area contributed by atoms with Crippen molar-refractivity contribution in [3.63, 3.8) is 0 Å². The van der Waals surface area contributed by atoms with Gasteiger partial charge < -0.3 is 10.6 Å². The molecule has 6 heteroatoms. The van der Waals surface area contributed by atoms with Crippen molar-refractivity contribution in [1.29, 1.82) is 5.26 Å². The molecule has 2 N–H and O–H groups in total. The summed E-state index contributed by atoms with van der Waals surface area (Å²) in [5, 5.41) is 19.6. The van der Waals surface area contributed by atoms with Crippen molar-refractivity contribution in [1.82, 2.24) is 0 Å². The largest absolute Gasteiger partial charge is 0.397 e. The molecular weight excluding hydrogens is 268 g/mol. The van der Waals surface area contributed by atoms with Crippen LogP contribution in [0.25, 0.3) is 0 Å². The first-order valence-electron chi connectivity index (χ1n) is 6.25. The number of nitro groups is 1. The van der Waals surface area contributed by atoms with E-state index in [9.17, 15) is 10.1 Å². The summed E-state index contributed by atoms with van der Waals surface area (Å²) in [6.07, 6.45) is 0. The lowest BCUT2D eigenvalue weighted by Crippen LogP contribution is -2.17. The molecule has 0 fully saturated rings. The maximum Gasteiger partial charge on any atom is 0.271 e. The normalized spacial score (nSPS) is 9.90. The van der Waals surface area contributed by atoms with Crippen molar-refractivity contribution >= 4 is 17.1 Å². The van der Waals surface area contributed by atoms with E-state index in [1.165, 1.54) is 12.1 Å². The molecule has 21 heavy (non-hydrogen) atoms. The molecule has 0 heterocycles. The zero-order valence-electron chi connectivity index (χ0n) is 11.5. The van der Waals surface area contributed by atoms with Gasteiger partial charge in [0.1, 0.15) is 0 Å². The van der Waals surface area contributed by atoms with Gasteiger partial charge in [-0.15, -0.1) is 0 Å². The lowest BCUT2D eigenvalue weighted by molar-refractivity contribution is -0.384. The highest BCUT2D eigenvalue weighted by Crippen LogP contribution is 2.27. The Hall–Kier alpha value is -3.07. The third-order valence-corrected chi connectivity index (χ3v) is 3.11. The van der Waals surface area contributed by atoms with Gasteiger partial charge in [0.2, 0.25) is 0 Å². The quantitative estimate of drug-likeness (QED) is 0.528. The second-order valence-corrected chi connectivity index (χ2v) is 4.67. The average molecular weight is 282 g/mol. The van der Waals surface area contributed by atoms with Crippen LogP contribution >= 0.6 is 0 Å². The number of nitriles is 1. The fraction of sp³-hybridized carbons (Fsp3) is 0.133. The summed E-state index contributed by atoms with van der Waals surface area (Å²) in [6, 6.07) is 13.8. The lowest BCUT2D eigenvalue weighted by atomic mass is 10.1. The average Bonchev–Trinajstić information content (AvgIpc) is 2.47. The Balaban J connectivity index is 2.22. The molecule has 2 rings (SSSR count). The Labute approximate surface area is 122 Å². The first-order valence-corrected chi connectivity index (χ1v) is 6.25. The molecule has 0 saturated carbocycles. The van der Waals surface area contributed by atoms with Gasteiger partial charge in [0.25, 0.3) is 5.69 Å². The number of benzene rings is 2. The fourth-order valence-electron chi connectivity index (χ4n) is 2.10. The zero-order valence-corrected chi connectivity index (χ0v) is 11.5. The van der Waals surface area contributed by atoms with Crippen molar-refractivity contribution < 1.29 is 4.92 Å². The van der Waals surface area contributed by atoms with Crippen LogP contribution in [0.15, 0.2) is 42.5 Å². The summed E-state index contributed by atoms with van der Waals surface area (Å²) in [5.41, 5.74) is 8.46. The number of nitrogen functional groups attached to an aromatic ring is 1. The van der Waals surface area contributed by atoms with E-state index < -0.39 is 4.92 Å². The van der Waals surface area contributed by atoms with Crippen LogP contribution < -0.4 is 10.6 Å². The van der Waals surface area contributed by atoms with Crippen molar-refractivity contribution in [3.05, 3.63) is 63.7 Å². The van der Waals surface area contributed by atoms with E-state index in [2.05, 4.69) is 6.07 Å². The van der Waals surface area contributed by atoms with Gasteiger partial charge in [0, 0.05) is 25.7 Å². The van der Waals surface area contributed by atoms with E-state index in [1.807, 2.05) is 24.1 Å². The van der Waals surface area contributed by atoms with Crippen molar-refractivity contribution in [2.45, 2.75) is 6.54 Å². The number of nitrogens with two attached hydrogens (primary N) is 1. The molecule has 0 amide bonds. The van der Waals surface area contributed by atoms with E-state index >= 15 is 0 Å². The van der Waals surface area contributed by atoms with Gasteiger partial charge in [-0.1, -0.05) is 12.1 Å². The van der Waals surface area contributed by atoms with Crippen molar-refractivity contribution in [2.75, 3.05) is 17.7 Å². The Morgan fingerprint density at radius 1 is 1.33 bits per heavy atom. The summed E-state index contributed by atoms with van der Waals surface area (Å²) in [7, 11) is 1.84. The van der Waals surface area contributed by atoms with Gasteiger partial charge in [-0.25, -0.2) is 0 Å². The summed E-state index contributed by atoms with van der Waals surface area (Å²) in [6.45, 7) is 0.553. The first kappa shape index (κ1) is 14.3. The van der Waals surface area contributed by atoms with Crippen LogP contribution in [0.3, 0.4) is 0 Å². The van der Waals surface area contributed by atoms with Gasteiger partial charge in [0.15, 0.2) is 0 Å². The molecule has 0 unspecified atom stereocenters. The van der Waals surface area contributed by atoms with Crippen LogP contribution in [0.4, 0.5) is 17.1 Å². The van der Waals surface area contributed by atoms with Gasteiger partial charge in [0.05, 0.1) is 27.9 Å². The fourth-order valence-corrected chi connectivity index (χ4v) is 2.10. The van der Waals surface area contributed by atoms with E-state index in [-0.39, 0.29) is 5.69 Å². The van der Waals surface area contributed by atoms with Crippen LogP contribution in [-0.2, 0) is 6.54 Å². The van der Waals surface area contributed by atoms with Gasteiger partial charge in [-0.3, -0.25) is 10.1 Å². The molecule has 106 valence electrons. The SMILES string of the molecule is CN(Cc1cccc(C#N)c1)c1ccc([N+](=O)[O-])cc1N. The Bertz CT molecular complexity index is 722. The minimum absolute atomic E-state index is 0.0314. The molecule has 0 aliphatic rings. The van der Waals surface area contributed by atoms with Crippen LogP contribution in [0, 0.1) is 21.4 Å². The van der Waals surface area contributed by atoms with Crippen molar-refractivity contribution in [3.8, 4) is 6.07 Å². The van der Waals surface area contributed by atoms with E-state index in [0.29, 0.717) is 23.5 Å². The van der Waals surface area contributed by atoms with Crippen LogP contribution in [-0.4, -0.2) is 12.0 Å². The molecule has 0 bridgehead atoms. The molecule has 2 aromatic rings. The molecule has 0 aliphatic carbocycles. The highest BCUT2D eigenvalue weighted by Gasteiger charge is 2.12. The summed E-state index contributed by atoms with van der Waals surface area (Å²) < 4.78 is 0. The maximum atomic E-state index is 10.7. The third-order valence-electron chi connectivity index (χ3n) is 3.11. The van der Waals surface area contributed by atoms with Crippen LogP contribution in [0.1, 0.15) is 11.1 Å². The zero-order chi connectivity index (χ0) is 15.4. The second-order valence-electron chi connectivity index (χ2n) is 4.67. The molecular formula is C15H14N4O2. The number of nitrogens with zero attached hydrogens (tertiary/aromatic N) is 3. The van der Waals surface area contributed by atoms with E-state index in [4.69, 9.17) is 11.0 Å². The maximum absolute atomic E-state index is 10.7. The first-order chi connectivity index (χ1) is 10.0. The summed E-state index contributed by atoms with van der Waals surface area (Å²) in [5.74, 6) is 0. The molecule has 0 atom stereocenters. The minimum atomic E-state index is -0.476. The molecule has 0 aromatic heterocycles. The monoisotopic (exact) mass is 282 g/mol. The molecule has 2 aromatic carbocycles. The highest BCUT2D eigenvalue weighted by molar-refractivity contribution is 5.70. The molecule has 6 nitrogen and oxygen atoms in total. The van der Waals surface area contributed by atoms with Crippen LogP contribution in [0.5, 0.6) is 0 Å². The van der Waals surface area contributed by atoms with Gasteiger partial charge >= 0.3 is 0 Å². The minimum Gasteiger partial charge on any atom is -0.397 e. The highest BCUT2D eigenvalue weighted by atomic mass is 16.6. The smallest absolute Gasteiger partial charge is 0.271 e. The number of anilines is 2. The van der Waals surface area contributed by atoms with E-state index in [0.717, 1.165) is 5.56 Å². The van der Waals surface area contributed by atoms with Gasteiger partial charge in [-0.05, 0) is 23.8 Å². The third kappa shape index (κ3) is 3.28. The number of rotatable bonds is 4. The number of nitro benzene ring substituents is 1. The molecule has 0 aliphatic heterocycles. The molecule has 0 radical (unpaired) electrons. The van der Waals surface area contributed by atoms with Crippen molar-refractivity contribution in [2.24, 2.45) is 0 Å². The van der Waals surface area contributed by atoms with Gasteiger partial charge in [-0.2, -0.15) is 5.26 Å². The number of non-ortho nitro benzene ring substituents is 1. The predicted molar refractivity (Wildman–Crippen MR) is 80.8 cm³/mol. The lowest BCUT2D eigenvalue weighted by Gasteiger charge is -2.21.